The van der Waals surface area contributed by atoms with Crippen molar-refractivity contribution in [3.8, 4) is 5.75 Å². The first kappa shape index (κ1) is 37.6. The summed E-state index contributed by atoms with van der Waals surface area (Å²) in [6.45, 7) is 9.80. The lowest BCUT2D eigenvalue weighted by molar-refractivity contribution is -0.176. The van der Waals surface area contributed by atoms with Crippen LogP contribution in [0.15, 0.2) is 60.7 Å². The van der Waals surface area contributed by atoms with Crippen LogP contribution >= 0.6 is 11.6 Å². The highest BCUT2D eigenvalue weighted by Gasteiger charge is 2.33. The molecule has 4 unspecified atom stereocenters. The van der Waals surface area contributed by atoms with Crippen molar-refractivity contribution in [3.05, 3.63) is 76.8 Å². The van der Waals surface area contributed by atoms with Crippen LogP contribution in [0.1, 0.15) is 77.3 Å². The Balaban J connectivity index is 1.91. The minimum atomic E-state index is -1.10. The zero-order chi connectivity index (χ0) is 34.5. The Hall–Kier alpha value is -3.85. The van der Waals surface area contributed by atoms with Gasteiger partial charge in [-0.1, -0.05) is 88.7 Å². The first-order valence-corrected chi connectivity index (χ1v) is 16.8. The molecular formula is C37H49ClN2O7. The van der Waals surface area contributed by atoms with Crippen LogP contribution in [0.3, 0.4) is 0 Å². The third kappa shape index (κ3) is 11.7. The molecule has 47 heavy (non-hydrogen) atoms. The van der Waals surface area contributed by atoms with Gasteiger partial charge in [0.1, 0.15) is 17.9 Å². The lowest BCUT2D eigenvalue weighted by Crippen LogP contribution is -2.49. The highest BCUT2D eigenvalue weighted by Crippen LogP contribution is 2.29. The zero-order valence-electron chi connectivity index (χ0n) is 28.3. The van der Waals surface area contributed by atoms with Crippen molar-refractivity contribution in [3.63, 3.8) is 0 Å². The Labute approximate surface area is 283 Å². The van der Waals surface area contributed by atoms with Crippen LogP contribution in [-0.2, 0) is 35.1 Å². The van der Waals surface area contributed by atoms with Crippen LogP contribution in [-0.4, -0.2) is 55.7 Å². The number of halogens is 1. The molecule has 0 saturated carbocycles. The molecule has 9 nitrogen and oxygen atoms in total. The molecule has 0 spiro atoms. The fraction of sp³-hybridized carbons (Fsp3) is 0.514. The van der Waals surface area contributed by atoms with E-state index in [2.05, 4.69) is 29.7 Å². The van der Waals surface area contributed by atoms with E-state index < -0.39 is 47.9 Å². The molecular weight excluding hydrogens is 620 g/mol. The molecule has 1 aliphatic heterocycles. The number of amides is 2. The van der Waals surface area contributed by atoms with Gasteiger partial charge in [0, 0.05) is 19.4 Å². The molecule has 2 amide bonds. The van der Waals surface area contributed by atoms with Gasteiger partial charge in [-0.05, 0) is 66.4 Å². The summed E-state index contributed by atoms with van der Waals surface area (Å²) < 4.78 is 17.1. The van der Waals surface area contributed by atoms with E-state index in [1.54, 1.807) is 31.2 Å². The van der Waals surface area contributed by atoms with Crippen LogP contribution in [0.2, 0.25) is 5.02 Å². The van der Waals surface area contributed by atoms with E-state index in [9.17, 15) is 19.2 Å². The van der Waals surface area contributed by atoms with E-state index in [0.717, 1.165) is 6.42 Å². The number of carbonyl (C=O) groups excluding carboxylic acids is 4. The topological polar surface area (TPSA) is 120 Å². The highest BCUT2D eigenvalue weighted by atomic mass is 35.5. The summed E-state index contributed by atoms with van der Waals surface area (Å²) in [5.74, 6) is -2.19. The second-order valence-corrected chi connectivity index (χ2v) is 13.2. The van der Waals surface area contributed by atoms with Crippen molar-refractivity contribution in [1.29, 1.82) is 0 Å². The predicted octanol–water partition coefficient (Wildman–Crippen LogP) is 6.18. The number of carbonyl (C=O) groups is 4. The molecule has 2 aromatic carbocycles. The van der Waals surface area contributed by atoms with Gasteiger partial charge in [0.25, 0.3) is 0 Å². The van der Waals surface area contributed by atoms with E-state index in [-0.39, 0.29) is 37.1 Å². The molecule has 2 N–H and O–H groups in total. The van der Waals surface area contributed by atoms with Gasteiger partial charge in [-0.2, -0.15) is 0 Å². The van der Waals surface area contributed by atoms with Crippen LogP contribution in [0.4, 0.5) is 0 Å². The van der Waals surface area contributed by atoms with Crippen molar-refractivity contribution < 1.29 is 33.4 Å². The number of esters is 2. The third-order valence-electron chi connectivity index (χ3n) is 8.48. The minimum Gasteiger partial charge on any atom is -0.495 e. The second kappa shape index (κ2) is 18.5. The molecule has 10 heteroatoms. The molecule has 0 bridgehead atoms. The Morgan fingerprint density at radius 3 is 2.34 bits per heavy atom. The molecule has 6 atom stereocenters. The van der Waals surface area contributed by atoms with Gasteiger partial charge >= 0.3 is 11.9 Å². The molecule has 0 fully saturated rings. The summed E-state index contributed by atoms with van der Waals surface area (Å²) in [6.07, 6.45) is 3.13. The van der Waals surface area contributed by atoms with Crippen LogP contribution in [0, 0.1) is 17.8 Å². The average Bonchev–Trinajstić information content (AvgIpc) is 3.03. The maximum absolute atomic E-state index is 13.6. The fourth-order valence-corrected chi connectivity index (χ4v) is 5.94. The van der Waals surface area contributed by atoms with Gasteiger partial charge < -0.3 is 24.8 Å². The lowest BCUT2D eigenvalue weighted by atomic mass is 9.87. The Bertz CT molecular complexity index is 1380. The normalized spacial score (nSPS) is 23.6. The first-order valence-electron chi connectivity index (χ1n) is 16.4. The van der Waals surface area contributed by atoms with Crippen molar-refractivity contribution in [2.45, 2.75) is 90.9 Å². The maximum atomic E-state index is 13.6. The monoisotopic (exact) mass is 668 g/mol. The van der Waals surface area contributed by atoms with Gasteiger partial charge in [-0.3, -0.25) is 14.4 Å². The van der Waals surface area contributed by atoms with E-state index in [4.69, 9.17) is 25.8 Å². The van der Waals surface area contributed by atoms with Gasteiger partial charge in [-0.15, -0.1) is 0 Å². The zero-order valence-corrected chi connectivity index (χ0v) is 29.0. The van der Waals surface area contributed by atoms with Crippen LogP contribution in [0.25, 0.3) is 0 Å². The van der Waals surface area contributed by atoms with Crippen molar-refractivity contribution >= 4 is 35.4 Å². The standard InChI is InChI=1S/C37H49ClN2O7/c1-7-27-22-39-35(42)30(21-26-16-17-32(45-6)29(38)20-26)40-34(41)15-11-14-31(25(5)19-24(4)28-12-9-8-10-13-28)46-37(44)33(18-23(2)3)47-36(27)43/h8-13,15-17,20,23-25,27,30-31,33H,7,14,18-19,21-22H2,1-6H3,(H,39,42)(H,40,41)/b15-11+/t24?,25-,27?,30-,31?,33?/m1/s1. The third-order valence-corrected chi connectivity index (χ3v) is 8.77. The van der Waals surface area contributed by atoms with Crippen molar-refractivity contribution in [1.82, 2.24) is 10.6 Å². The summed E-state index contributed by atoms with van der Waals surface area (Å²) in [7, 11) is 1.51. The summed E-state index contributed by atoms with van der Waals surface area (Å²) in [5.41, 5.74) is 1.89. The first-order chi connectivity index (χ1) is 22.4. The van der Waals surface area contributed by atoms with Crippen molar-refractivity contribution in [2.75, 3.05) is 13.7 Å². The van der Waals surface area contributed by atoms with Gasteiger partial charge in [0.15, 0.2) is 6.10 Å². The van der Waals surface area contributed by atoms with E-state index in [0.29, 0.717) is 29.2 Å². The molecule has 3 rings (SSSR count). The van der Waals surface area contributed by atoms with E-state index in [1.807, 2.05) is 39.0 Å². The molecule has 0 radical (unpaired) electrons. The number of cyclic esters (lactones) is 2. The van der Waals surface area contributed by atoms with Crippen molar-refractivity contribution in [2.24, 2.45) is 17.8 Å². The highest BCUT2D eigenvalue weighted by molar-refractivity contribution is 6.32. The number of hydrogen-bond donors (Lipinski definition) is 2. The van der Waals surface area contributed by atoms with Gasteiger partial charge in [0.05, 0.1) is 18.1 Å². The Kier molecular flexibility index (Phi) is 14.8. The lowest BCUT2D eigenvalue weighted by Gasteiger charge is -2.29. The minimum absolute atomic E-state index is 0.0276. The molecule has 1 aliphatic rings. The van der Waals surface area contributed by atoms with E-state index in [1.165, 1.54) is 18.7 Å². The summed E-state index contributed by atoms with van der Waals surface area (Å²) in [4.78, 5) is 53.4. The number of benzene rings is 2. The summed E-state index contributed by atoms with van der Waals surface area (Å²) in [5, 5.41) is 5.96. The average molecular weight is 669 g/mol. The summed E-state index contributed by atoms with van der Waals surface area (Å²) >= 11 is 6.32. The molecule has 1 heterocycles. The number of hydrogen-bond acceptors (Lipinski definition) is 7. The smallest absolute Gasteiger partial charge is 0.347 e. The molecule has 0 aromatic heterocycles. The second-order valence-electron chi connectivity index (χ2n) is 12.8. The Morgan fingerprint density at radius 1 is 0.979 bits per heavy atom. The molecule has 256 valence electrons. The van der Waals surface area contributed by atoms with Gasteiger partial charge in [0.2, 0.25) is 11.8 Å². The Morgan fingerprint density at radius 2 is 1.70 bits per heavy atom. The largest absolute Gasteiger partial charge is 0.495 e. The van der Waals surface area contributed by atoms with E-state index >= 15 is 0 Å². The SMILES string of the molecule is CCC1CNC(=O)[C@@H](Cc2ccc(OC)c(Cl)c2)NC(=O)/C=C/CC([C@H](C)CC(C)c2ccccc2)OC(=O)C(CC(C)C)OC1=O. The molecule has 2 aromatic rings. The number of ether oxygens (including phenoxy) is 3. The van der Waals surface area contributed by atoms with Crippen LogP contribution in [0.5, 0.6) is 5.75 Å². The maximum Gasteiger partial charge on any atom is 0.347 e. The summed E-state index contributed by atoms with van der Waals surface area (Å²) in [6, 6.07) is 14.3. The number of methoxy groups -OCH3 is 1. The fourth-order valence-electron chi connectivity index (χ4n) is 5.66. The van der Waals surface area contributed by atoms with Crippen LogP contribution < -0.4 is 15.4 Å². The molecule has 0 saturated heterocycles. The predicted molar refractivity (Wildman–Crippen MR) is 182 cm³/mol. The quantitative estimate of drug-likeness (QED) is 0.290. The van der Waals surface area contributed by atoms with Gasteiger partial charge in [-0.25, -0.2) is 4.79 Å². The number of rotatable bonds is 10. The molecule has 0 aliphatic carbocycles. The number of nitrogens with one attached hydrogen (secondary N) is 2.